The molecule has 2 heterocycles. The highest BCUT2D eigenvalue weighted by molar-refractivity contribution is 5.68. The highest BCUT2D eigenvalue weighted by Gasteiger charge is 2.46. The maximum atomic E-state index is 12.0. The summed E-state index contributed by atoms with van der Waals surface area (Å²) in [5, 5.41) is 8.13. The van der Waals surface area contributed by atoms with Gasteiger partial charge >= 0.3 is 6.09 Å². The number of ether oxygens (including phenoxy) is 2. The van der Waals surface area contributed by atoms with Crippen LogP contribution in [0.1, 0.15) is 78.5 Å². The number of carbonyl (C=O) groups is 1. The van der Waals surface area contributed by atoms with Crippen LogP contribution >= 0.6 is 0 Å². The van der Waals surface area contributed by atoms with Gasteiger partial charge in [0.05, 0.1) is 25.4 Å². The first kappa shape index (κ1) is 24.1. The Morgan fingerprint density at radius 3 is 2.61 bits per heavy atom. The third-order valence-electron chi connectivity index (χ3n) is 6.81. The Kier molecular flexibility index (Phi) is 7.36. The van der Waals surface area contributed by atoms with E-state index in [9.17, 15) is 4.79 Å². The van der Waals surface area contributed by atoms with Gasteiger partial charge in [0, 0.05) is 43.5 Å². The molecule has 1 N–H and O–H groups in total. The third-order valence-corrected chi connectivity index (χ3v) is 6.81. The van der Waals surface area contributed by atoms with Gasteiger partial charge in [-0.3, -0.25) is 4.68 Å². The Hall–Kier alpha value is -1.60. The van der Waals surface area contributed by atoms with E-state index in [4.69, 9.17) is 9.47 Å². The van der Waals surface area contributed by atoms with Crippen molar-refractivity contribution < 1.29 is 14.3 Å². The molecular formula is C24H42N4O3. The van der Waals surface area contributed by atoms with E-state index in [1.807, 2.05) is 27.0 Å². The SMILES string of the molecule is COC(=O)N(CCNCCc1ccnn1C1CCC2(CC1)CC(C)(C)CO2)C(C)(C)C. The molecule has 31 heavy (non-hydrogen) atoms. The molecule has 0 radical (unpaired) electrons. The smallest absolute Gasteiger partial charge is 0.409 e. The van der Waals surface area contributed by atoms with Crippen LogP contribution in [0.3, 0.4) is 0 Å². The molecular weight excluding hydrogens is 392 g/mol. The van der Waals surface area contributed by atoms with Gasteiger partial charge in [-0.05, 0) is 64.4 Å². The first-order valence-corrected chi connectivity index (χ1v) is 11.8. The van der Waals surface area contributed by atoms with E-state index in [0.717, 1.165) is 51.8 Å². The molecule has 1 saturated carbocycles. The number of aromatic nitrogens is 2. The lowest BCUT2D eigenvalue weighted by Gasteiger charge is -2.37. The second kappa shape index (κ2) is 9.49. The maximum absolute atomic E-state index is 12.0. The molecule has 2 fully saturated rings. The minimum Gasteiger partial charge on any atom is -0.453 e. The molecule has 1 aromatic heterocycles. The largest absolute Gasteiger partial charge is 0.453 e. The van der Waals surface area contributed by atoms with Crippen molar-refractivity contribution in [2.45, 2.75) is 90.3 Å². The number of methoxy groups -OCH3 is 1. The lowest BCUT2D eigenvalue weighted by molar-refractivity contribution is -0.0353. The van der Waals surface area contributed by atoms with E-state index in [-0.39, 0.29) is 17.2 Å². The van der Waals surface area contributed by atoms with E-state index in [1.165, 1.54) is 19.2 Å². The average Bonchev–Trinajstić information content (AvgIpc) is 3.28. The predicted molar refractivity (Wildman–Crippen MR) is 122 cm³/mol. The van der Waals surface area contributed by atoms with Gasteiger partial charge in [-0.2, -0.15) is 5.10 Å². The van der Waals surface area contributed by atoms with Gasteiger partial charge in [-0.15, -0.1) is 0 Å². The van der Waals surface area contributed by atoms with Gasteiger partial charge in [0.25, 0.3) is 0 Å². The highest BCUT2D eigenvalue weighted by atomic mass is 16.5. The summed E-state index contributed by atoms with van der Waals surface area (Å²) >= 11 is 0. The van der Waals surface area contributed by atoms with Crippen LogP contribution in [0.2, 0.25) is 0 Å². The fraction of sp³-hybridized carbons (Fsp3) is 0.833. The summed E-state index contributed by atoms with van der Waals surface area (Å²) in [6.07, 6.45) is 8.29. The number of nitrogens with one attached hydrogen (secondary N) is 1. The Bertz CT molecular complexity index is 729. The van der Waals surface area contributed by atoms with Crippen LogP contribution in [0.15, 0.2) is 12.3 Å². The van der Waals surface area contributed by atoms with Crippen molar-refractivity contribution in [3.8, 4) is 0 Å². The normalized spacial score (nSPS) is 25.7. The lowest BCUT2D eigenvalue weighted by Crippen LogP contribution is -2.48. The van der Waals surface area contributed by atoms with Gasteiger partial charge in [0.2, 0.25) is 0 Å². The first-order chi connectivity index (χ1) is 14.6. The predicted octanol–water partition coefficient (Wildman–Crippen LogP) is 4.18. The van der Waals surface area contributed by atoms with Gasteiger partial charge in [0.15, 0.2) is 0 Å². The molecule has 3 rings (SSSR count). The standard InChI is InChI=1S/C24H42N4O3/c1-22(2,3)27(21(29)30-6)16-15-25-13-9-20-10-14-26-28(20)19-7-11-24(12-8-19)17-23(4,5)18-31-24/h10,14,19,25H,7-9,11-13,15-18H2,1-6H3. The Labute approximate surface area is 187 Å². The Morgan fingerprint density at radius 1 is 1.32 bits per heavy atom. The summed E-state index contributed by atoms with van der Waals surface area (Å²) in [6, 6.07) is 2.61. The number of amides is 1. The number of hydrogen-bond donors (Lipinski definition) is 1. The molecule has 0 bridgehead atoms. The Balaban J connectivity index is 1.45. The minimum atomic E-state index is -0.280. The zero-order valence-corrected chi connectivity index (χ0v) is 20.4. The molecule has 2 aliphatic rings. The zero-order valence-electron chi connectivity index (χ0n) is 20.4. The number of carbonyl (C=O) groups excluding carboxylic acids is 1. The van der Waals surface area contributed by atoms with Crippen LogP contribution in [0, 0.1) is 5.41 Å². The molecule has 1 spiro atoms. The van der Waals surface area contributed by atoms with Crippen molar-refractivity contribution in [3.63, 3.8) is 0 Å². The zero-order chi connectivity index (χ0) is 22.7. The summed E-state index contributed by atoms with van der Waals surface area (Å²) in [6.45, 7) is 13.8. The monoisotopic (exact) mass is 434 g/mol. The van der Waals surface area contributed by atoms with Crippen LogP contribution in [0.4, 0.5) is 4.79 Å². The van der Waals surface area contributed by atoms with Crippen molar-refractivity contribution in [1.82, 2.24) is 20.0 Å². The second-order valence-electron chi connectivity index (χ2n) is 11.1. The molecule has 0 unspecified atom stereocenters. The summed E-state index contributed by atoms with van der Waals surface area (Å²) in [4.78, 5) is 13.8. The number of hydrogen-bond acceptors (Lipinski definition) is 5. The van der Waals surface area contributed by atoms with Crippen molar-refractivity contribution in [1.29, 1.82) is 0 Å². The maximum Gasteiger partial charge on any atom is 0.409 e. The van der Waals surface area contributed by atoms with E-state index in [0.29, 0.717) is 18.0 Å². The van der Waals surface area contributed by atoms with Crippen molar-refractivity contribution in [3.05, 3.63) is 18.0 Å². The van der Waals surface area contributed by atoms with Crippen LogP contribution in [0.25, 0.3) is 0 Å². The van der Waals surface area contributed by atoms with Gasteiger partial charge in [0.1, 0.15) is 0 Å². The highest BCUT2D eigenvalue weighted by Crippen LogP contribution is 2.48. The fourth-order valence-electron chi connectivity index (χ4n) is 5.23. The van der Waals surface area contributed by atoms with Crippen LogP contribution in [0.5, 0.6) is 0 Å². The molecule has 1 aromatic rings. The van der Waals surface area contributed by atoms with E-state index >= 15 is 0 Å². The quantitative estimate of drug-likeness (QED) is 0.652. The molecule has 1 amide bonds. The summed E-state index contributed by atoms with van der Waals surface area (Å²) in [5.74, 6) is 0. The number of nitrogens with zero attached hydrogens (tertiary/aromatic N) is 3. The molecule has 7 heteroatoms. The molecule has 1 aliphatic heterocycles. The third kappa shape index (κ3) is 6.01. The van der Waals surface area contributed by atoms with Crippen LogP contribution in [-0.2, 0) is 15.9 Å². The van der Waals surface area contributed by atoms with Crippen LogP contribution < -0.4 is 5.32 Å². The molecule has 1 aliphatic carbocycles. The molecule has 1 saturated heterocycles. The second-order valence-corrected chi connectivity index (χ2v) is 11.1. The number of rotatable bonds is 7. The summed E-state index contributed by atoms with van der Waals surface area (Å²) in [5.41, 5.74) is 1.44. The van der Waals surface area contributed by atoms with Gasteiger partial charge < -0.3 is 19.7 Å². The first-order valence-electron chi connectivity index (χ1n) is 11.8. The Morgan fingerprint density at radius 2 is 2.03 bits per heavy atom. The van der Waals surface area contributed by atoms with E-state index < -0.39 is 0 Å². The minimum absolute atomic E-state index is 0.105. The van der Waals surface area contributed by atoms with Crippen molar-refractivity contribution in [2.24, 2.45) is 5.41 Å². The van der Waals surface area contributed by atoms with Gasteiger partial charge in [-0.25, -0.2) is 4.79 Å². The van der Waals surface area contributed by atoms with E-state index in [1.54, 1.807) is 4.90 Å². The average molecular weight is 435 g/mol. The molecule has 0 atom stereocenters. The molecule has 7 nitrogen and oxygen atoms in total. The topological polar surface area (TPSA) is 68.6 Å². The summed E-state index contributed by atoms with van der Waals surface area (Å²) < 4.78 is 13.4. The summed E-state index contributed by atoms with van der Waals surface area (Å²) in [7, 11) is 1.43. The van der Waals surface area contributed by atoms with E-state index in [2.05, 4.69) is 35.0 Å². The fourth-order valence-corrected chi connectivity index (χ4v) is 5.23. The van der Waals surface area contributed by atoms with Gasteiger partial charge in [-0.1, -0.05) is 13.8 Å². The van der Waals surface area contributed by atoms with Crippen molar-refractivity contribution >= 4 is 6.09 Å². The van der Waals surface area contributed by atoms with Crippen molar-refractivity contribution in [2.75, 3.05) is 33.4 Å². The molecule has 176 valence electrons. The van der Waals surface area contributed by atoms with Crippen LogP contribution in [-0.4, -0.2) is 65.3 Å². The molecule has 0 aromatic carbocycles. The lowest BCUT2D eigenvalue weighted by atomic mass is 9.75.